The summed E-state index contributed by atoms with van der Waals surface area (Å²) in [6.07, 6.45) is 1.74. The average molecular weight is 409 g/mol. The van der Waals surface area contributed by atoms with Gasteiger partial charge >= 0.3 is 165 Å². The molecule has 4 aromatic rings. The molecule has 0 unspecified atom stereocenters. The van der Waals surface area contributed by atoms with Crippen LogP contribution in [0.1, 0.15) is 0 Å². The summed E-state index contributed by atoms with van der Waals surface area (Å²) in [5.74, 6) is 1.35. The summed E-state index contributed by atoms with van der Waals surface area (Å²) in [5.41, 5.74) is 0.709. The van der Waals surface area contributed by atoms with Crippen molar-refractivity contribution in [1.82, 2.24) is 0 Å². The first-order valence-corrected chi connectivity index (χ1v) is 11.3. The Morgan fingerprint density at radius 3 is 1.86 bits per heavy atom. The molecule has 0 N–H and O–H groups in total. The number of rotatable bonds is 4. The third kappa shape index (κ3) is 2.02. The zero-order valence-corrected chi connectivity index (χ0v) is 16.0. The fraction of sp³-hybridized carbons (Fsp3) is 0. The molecule has 0 bridgehead atoms. The fourth-order valence-electron chi connectivity index (χ4n) is 3.72. The van der Waals surface area contributed by atoms with Crippen LogP contribution in [0.4, 0.5) is 0 Å². The van der Waals surface area contributed by atoms with Crippen molar-refractivity contribution in [2.75, 3.05) is 0 Å². The summed E-state index contributed by atoms with van der Waals surface area (Å²) in [7, 11) is -5.64. The van der Waals surface area contributed by atoms with Gasteiger partial charge < -0.3 is 0 Å². The summed E-state index contributed by atoms with van der Waals surface area (Å²) in [5, 5.41) is 5.74. The Bertz CT molecular complexity index is 1210. The fourth-order valence-corrected chi connectivity index (χ4v) is 7.34. The molecular weight excluding hydrogens is 393 g/mol. The van der Waals surface area contributed by atoms with E-state index in [4.69, 9.17) is 28.0 Å². The SMILES string of the molecule is c1ccc(O[P-]23(Oc4ccccc4)(OOO2)Oc2cccc4ccc[n+]3c24)cc1. The predicted molar refractivity (Wildman–Crippen MR) is 104 cm³/mol. The topological polar surface area (TPSA) is 59.3 Å². The Labute approximate surface area is 165 Å². The van der Waals surface area contributed by atoms with Gasteiger partial charge in [-0.25, -0.2) is 0 Å². The molecular formula is C21H16NO6P. The van der Waals surface area contributed by atoms with Crippen LogP contribution in [-0.4, -0.2) is 0 Å². The summed E-state index contributed by atoms with van der Waals surface area (Å²) in [6.45, 7) is 0. The Hall–Kier alpha value is -3.22. The Kier molecular flexibility index (Phi) is 3.01. The summed E-state index contributed by atoms with van der Waals surface area (Å²) in [4.78, 5) is 0. The zero-order chi connectivity index (χ0) is 19.4. The van der Waals surface area contributed by atoms with Crippen LogP contribution in [0.15, 0.2) is 97.2 Å². The molecule has 146 valence electrons. The summed E-state index contributed by atoms with van der Waals surface area (Å²) < 4.78 is 32.4. The molecule has 7 nitrogen and oxygen atoms in total. The van der Waals surface area contributed by atoms with E-state index in [1.165, 1.54) is 0 Å². The van der Waals surface area contributed by atoms with Gasteiger partial charge in [-0.15, -0.1) is 0 Å². The summed E-state index contributed by atoms with van der Waals surface area (Å²) in [6, 6.07) is 27.5. The van der Waals surface area contributed by atoms with Crippen molar-refractivity contribution in [3.8, 4) is 17.2 Å². The van der Waals surface area contributed by atoms with Crippen LogP contribution >= 0.6 is 7.23 Å². The third-order valence-electron chi connectivity index (χ3n) is 4.94. The number of hydrogen-bond acceptors (Lipinski definition) is 6. The van der Waals surface area contributed by atoms with E-state index < -0.39 is 7.23 Å². The number of hydrogen-bond donors (Lipinski definition) is 0. The van der Waals surface area contributed by atoms with E-state index in [9.17, 15) is 0 Å². The second-order valence-electron chi connectivity index (χ2n) is 6.82. The van der Waals surface area contributed by atoms with E-state index in [2.05, 4.69) is 0 Å². The standard InChI is InChI=1S/C21H16NO6P/c1-3-11-18(12-4-1)23-29(27-26-28-29,24-19-13-5-2-6-14-19)22-16-8-10-17-9-7-15-20(25-29)21(17)22/h1-16H. The van der Waals surface area contributed by atoms with Crippen LogP contribution in [0.2, 0.25) is 0 Å². The van der Waals surface area contributed by atoms with E-state index in [1.54, 1.807) is 40.9 Å². The number of nitrogens with zero attached hydrogens (tertiary/aromatic N) is 1. The molecule has 2 aliphatic rings. The zero-order valence-electron chi connectivity index (χ0n) is 15.1. The average Bonchev–Trinajstić information content (AvgIpc) is 3.01. The number of aromatic nitrogens is 1. The van der Waals surface area contributed by atoms with Gasteiger partial charge in [0.15, 0.2) is 0 Å². The minimum absolute atomic E-state index is 0.430. The van der Waals surface area contributed by atoms with Gasteiger partial charge in [-0.3, -0.25) is 0 Å². The van der Waals surface area contributed by atoms with Crippen LogP contribution in [0, 0.1) is 0 Å². The van der Waals surface area contributed by atoms with Gasteiger partial charge in [-0.2, -0.15) is 0 Å². The molecule has 0 amide bonds. The van der Waals surface area contributed by atoms with Crippen molar-refractivity contribution < 1.29 is 32.3 Å². The molecule has 1 spiro atoms. The van der Waals surface area contributed by atoms with Crippen molar-refractivity contribution in [2.45, 2.75) is 0 Å². The van der Waals surface area contributed by atoms with Gasteiger partial charge in [0.1, 0.15) is 0 Å². The van der Waals surface area contributed by atoms with Crippen LogP contribution < -0.4 is 17.9 Å². The molecule has 1 fully saturated rings. The number of benzene rings is 3. The van der Waals surface area contributed by atoms with E-state index in [0.29, 0.717) is 22.8 Å². The van der Waals surface area contributed by atoms with Gasteiger partial charge in [-0.1, -0.05) is 0 Å². The van der Waals surface area contributed by atoms with Crippen LogP contribution in [0.5, 0.6) is 17.2 Å². The van der Waals surface area contributed by atoms with Crippen molar-refractivity contribution in [2.24, 2.45) is 0 Å². The van der Waals surface area contributed by atoms with E-state index >= 15 is 0 Å². The molecule has 1 aromatic heterocycles. The van der Waals surface area contributed by atoms with Gasteiger partial charge in [-0.05, 0) is 0 Å². The maximum atomic E-state index is 6.44. The van der Waals surface area contributed by atoms with Gasteiger partial charge in [0.2, 0.25) is 0 Å². The third-order valence-corrected chi connectivity index (χ3v) is 8.65. The first kappa shape index (κ1) is 16.7. The Morgan fingerprint density at radius 1 is 0.655 bits per heavy atom. The monoisotopic (exact) mass is 409 g/mol. The molecule has 3 aromatic carbocycles. The van der Waals surface area contributed by atoms with Crippen LogP contribution in [-0.2, 0) is 14.4 Å². The molecule has 1 saturated heterocycles. The maximum absolute atomic E-state index is 6.44. The Balaban J connectivity index is 1.69. The second kappa shape index (κ2) is 5.23. The van der Waals surface area contributed by atoms with E-state index in [-0.39, 0.29) is 0 Å². The number of para-hydroxylation sites is 3. The minimum atomic E-state index is -5.64. The van der Waals surface area contributed by atoms with Gasteiger partial charge in [0.25, 0.3) is 0 Å². The van der Waals surface area contributed by atoms with Crippen molar-refractivity contribution >= 4 is 18.1 Å². The first-order valence-electron chi connectivity index (χ1n) is 9.06. The molecule has 0 atom stereocenters. The molecule has 2 aliphatic heterocycles. The molecule has 0 saturated carbocycles. The molecule has 29 heavy (non-hydrogen) atoms. The normalized spacial score (nSPS) is 21.7. The molecule has 6 rings (SSSR count). The molecule has 3 heterocycles. The van der Waals surface area contributed by atoms with Gasteiger partial charge in [0.05, 0.1) is 0 Å². The van der Waals surface area contributed by atoms with Crippen molar-refractivity contribution in [1.29, 1.82) is 0 Å². The van der Waals surface area contributed by atoms with Crippen LogP contribution in [0.25, 0.3) is 10.9 Å². The van der Waals surface area contributed by atoms with Crippen molar-refractivity contribution in [3.05, 3.63) is 97.2 Å². The number of pyridine rings is 1. The molecule has 0 radical (unpaired) electrons. The van der Waals surface area contributed by atoms with E-state index in [1.807, 2.05) is 60.7 Å². The van der Waals surface area contributed by atoms with Crippen molar-refractivity contribution in [3.63, 3.8) is 0 Å². The quantitative estimate of drug-likeness (QED) is 0.349. The Morgan fingerprint density at radius 2 is 1.28 bits per heavy atom. The number of fused-ring (bicyclic) bond motifs is 1. The summed E-state index contributed by atoms with van der Waals surface area (Å²) >= 11 is 0. The van der Waals surface area contributed by atoms with Gasteiger partial charge in [0, 0.05) is 0 Å². The second-order valence-corrected chi connectivity index (χ2v) is 10.4. The first-order chi connectivity index (χ1) is 14.2. The van der Waals surface area contributed by atoms with E-state index in [0.717, 1.165) is 5.39 Å². The molecule has 0 aliphatic carbocycles. The molecule has 8 heteroatoms. The predicted octanol–water partition coefficient (Wildman–Crippen LogP) is 5.00. The van der Waals surface area contributed by atoms with Crippen LogP contribution in [0.3, 0.4) is 0 Å².